The molecule has 2 aromatic rings. The summed E-state index contributed by atoms with van der Waals surface area (Å²) in [5.74, 6) is -1.02. The molecule has 2 rings (SSSR count). The molecule has 2 N–H and O–H groups in total. The second-order valence-corrected chi connectivity index (χ2v) is 4.65. The van der Waals surface area contributed by atoms with Crippen LogP contribution < -0.4 is 5.73 Å². The summed E-state index contributed by atoms with van der Waals surface area (Å²) in [5, 5.41) is 0. The first-order valence-corrected chi connectivity index (χ1v) is 6.41. The Balaban J connectivity index is 1.86. The van der Waals surface area contributed by atoms with Gasteiger partial charge in [-0.1, -0.05) is 36.4 Å². The van der Waals surface area contributed by atoms with E-state index in [0.29, 0.717) is 12.0 Å². The van der Waals surface area contributed by atoms with Crippen molar-refractivity contribution in [1.82, 2.24) is 0 Å². The fourth-order valence-corrected chi connectivity index (χ4v) is 2.10. The number of hydrogen-bond acceptors (Lipinski definition) is 1. The fourth-order valence-electron chi connectivity index (χ4n) is 2.10. The summed E-state index contributed by atoms with van der Waals surface area (Å²) < 4.78 is 26.2. The zero-order chi connectivity index (χ0) is 13.7. The van der Waals surface area contributed by atoms with Crippen molar-refractivity contribution in [1.29, 1.82) is 0 Å². The maximum atomic E-state index is 13.4. The molecule has 3 heteroatoms. The Morgan fingerprint density at radius 1 is 1.00 bits per heavy atom. The van der Waals surface area contributed by atoms with E-state index in [2.05, 4.69) is 0 Å². The summed E-state index contributed by atoms with van der Waals surface area (Å²) in [7, 11) is 0. The van der Waals surface area contributed by atoms with Crippen LogP contribution in [0.5, 0.6) is 0 Å². The second kappa shape index (κ2) is 6.43. The van der Waals surface area contributed by atoms with Gasteiger partial charge >= 0.3 is 0 Å². The molecule has 0 saturated heterocycles. The molecule has 0 bridgehead atoms. The smallest absolute Gasteiger partial charge is 0.129 e. The van der Waals surface area contributed by atoms with Gasteiger partial charge in [-0.15, -0.1) is 0 Å². The van der Waals surface area contributed by atoms with Gasteiger partial charge in [0.25, 0.3) is 0 Å². The van der Waals surface area contributed by atoms with Gasteiger partial charge in [-0.25, -0.2) is 8.78 Å². The molecule has 0 aromatic heterocycles. The van der Waals surface area contributed by atoms with Crippen molar-refractivity contribution in [3.63, 3.8) is 0 Å². The molecule has 0 spiro atoms. The van der Waals surface area contributed by atoms with Gasteiger partial charge in [-0.05, 0) is 36.5 Å². The summed E-state index contributed by atoms with van der Waals surface area (Å²) in [6.45, 7) is 0. The molecule has 0 fully saturated rings. The summed E-state index contributed by atoms with van der Waals surface area (Å²) in [6, 6.07) is 13.5. The minimum absolute atomic E-state index is 0.0373. The molecule has 2 aromatic carbocycles. The van der Waals surface area contributed by atoms with Crippen molar-refractivity contribution in [3.8, 4) is 0 Å². The summed E-state index contributed by atoms with van der Waals surface area (Å²) in [6.07, 6.45) is 2.13. The Kier molecular flexibility index (Phi) is 4.63. The van der Waals surface area contributed by atoms with E-state index in [9.17, 15) is 8.78 Å². The van der Waals surface area contributed by atoms with Crippen LogP contribution in [0.25, 0.3) is 0 Å². The Bertz CT molecular complexity index is 526. The van der Waals surface area contributed by atoms with E-state index >= 15 is 0 Å². The van der Waals surface area contributed by atoms with Crippen molar-refractivity contribution < 1.29 is 8.78 Å². The molecule has 1 unspecified atom stereocenters. The highest BCUT2D eigenvalue weighted by atomic mass is 19.1. The molecule has 0 heterocycles. The van der Waals surface area contributed by atoms with E-state index in [1.165, 1.54) is 12.1 Å². The first-order valence-electron chi connectivity index (χ1n) is 6.41. The molecular weight excluding hydrogens is 244 g/mol. The Labute approximate surface area is 112 Å². The first-order chi connectivity index (χ1) is 9.16. The quantitative estimate of drug-likeness (QED) is 0.865. The van der Waals surface area contributed by atoms with Crippen LogP contribution in [0.3, 0.4) is 0 Å². The van der Waals surface area contributed by atoms with Crippen molar-refractivity contribution in [2.75, 3.05) is 0 Å². The third-order valence-corrected chi connectivity index (χ3v) is 3.20. The van der Waals surface area contributed by atoms with Gasteiger partial charge in [0.15, 0.2) is 0 Å². The Morgan fingerprint density at radius 3 is 2.42 bits per heavy atom. The average Bonchev–Trinajstić information content (AvgIpc) is 2.42. The molecule has 100 valence electrons. The molecule has 1 atom stereocenters. The molecule has 0 amide bonds. The van der Waals surface area contributed by atoms with Crippen LogP contribution in [0.4, 0.5) is 8.78 Å². The lowest BCUT2D eigenvalue weighted by Crippen LogP contribution is -2.10. The highest BCUT2D eigenvalue weighted by molar-refractivity contribution is 5.20. The zero-order valence-corrected chi connectivity index (χ0v) is 10.7. The van der Waals surface area contributed by atoms with E-state index < -0.39 is 11.6 Å². The number of benzene rings is 2. The average molecular weight is 261 g/mol. The molecule has 19 heavy (non-hydrogen) atoms. The number of aryl methyl sites for hydroxylation is 1. The maximum absolute atomic E-state index is 13.4. The van der Waals surface area contributed by atoms with Gasteiger partial charge < -0.3 is 5.73 Å². The van der Waals surface area contributed by atoms with Gasteiger partial charge in [0.1, 0.15) is 11.6 Å². The van der Waals surface area contributed by atoms with E-state index in [0.717, 1.165) is 24.5 Å². The minimum atomic E-state index is -0.540. The van der Waals surface area contributed by atoms with Crippen molar-refractivity contribution >= 4 is 0 Å². The van der Waals surface area contributed by atoms with Crippen LogP contribution in [0, 0.1) is 11.6 Å². The van der Waals surface area contributed by atoms with Crippen LogP contribution in [-0.2, 0) is 6.42 Å². The highest BCUT2D eigenvalue weighted by Gasteiger charge is 2.07. The third-order valence-electron chi connectivity index (χ3n) is 3.20. The molecule has 0 aliphatic rings. The van der Waals surface area contributed by atoms with Crippen molar-refractivity contribution in [2.45, 2.75) is 25.3 Å². The number of halogens is 2. The lowest BCUT2D eigenvalue weighted by Gasteiger charge is -2.11. The van der Waals surface area contributed by atoms with Gasteiger partial charge in [0.2, 0.25) is 0 Å². The van der Waals surface area contributed by atoms with Crippen LogP contribution in [0.2, 0.25) is 0 Å². The maximum Gasteiger partial charge on any atom is 0.129 e. The van der Waals surface area contributed by atoms with Gasteiger partial charge in [0.05, 0.1) is 0 Å². The number of hydrogen-bond donors (Lipinski definition) is 1. The van der Waals surface area contributed by atoms with Crippen LogP contribution in [0.15, 0.2) is 48.5 Å². The standard InChI is InChI=1S/C16H17F2N/c17-14-10-9-12(15(18)11-14)7-4-8-16(19)13-5-2-1-3-6-13/h1-3,5-6,9-11,16H,4,7-8,19H2. The van der Waals surface area contributed by atoms with Crippen molar-refractivity contribution in [3.05, 3.63) is 71.3 Å². The van der Waals surface area contributed by atoms with Crippen LogP contribution in [0.1, 0.15) is 30.0 Å². The Hall–Kier alpha value is -1.74. The topological polar surface area (TPSA) is 26.0 Å². The van der Waals surface area contributed by atoms with E-state index in [4.69, 9.17) is 5.73 Å². The van der Waals surface area contributed by atoms with Gasteiger partial charge in [-0.3, -0.25) is 0 Å². The SMILES string of the molecule is NC(CCCc1ccc(F)cc1F)c1ccccc1. The highest BCUT2D eigenvalue weighted by Crippen LogP contribution is 2.18. The molecule has 0 radical (unpaired) electrons. The van der Waals surface area contributed by atoms with Crippen molar-refractivity contribution in [2.24, 2.45) is 5.73 Å². The molecular formula is C16H17F2N. The van der Waals surface area contributed by atoms with Crippen LogP contribution in [-0.4, -0.2) is 0 Å². The summed E-state index contributed by atoms with van der Waals surface area (Å²) >= 11 is 0. The number of rotatable bonds is 5. The predicted octanol–water partition coefficient (Wildman–Crippen LogP) is 3.99. The van der Waals surface area contributed by atoms with E-state index in [1.54, 1.807) is 0 Å². The second-order valence-electron chi connectivity index (χ2n) is 4.65. The zero-order valence-electron chi connectivity index (χ0n) is 10.7. The van der Waals surface area contributed by atoms with E-state index in [-0.39, 0.29) is 6.04 Å². The van der Waals surface area contributed by atoms with E-state index in [1.807, 2.05) is 30.3 Å². The fraction of sp³-hybridized carbons (Fsp3) is 0.250. The third kappa shape index (κ3) is 3.86. The largest absolute Gasteiger partial charge is 0.324 e. The molecule has 1 nitrogen and oxygen atoms in total. The number of nitrogens with two attached hydrogens (primary N) is 1. The lowest BCUT2D eigenvalue weighted by atomic mass is 10.00. The van der Waals surface area contributed by atoms with Gasteiger partial charge in [-0.2, -0.15) is 0 Å². The van der Waals surface area contributed by atoms with Crippen LogP contribution >= 0.6 is 0 Å². The normalized spacial score (nSPS) is 12.4. The molecule has 0 aliphatic heterocycles. The summed E-state index contributed by atoms with van der Waals surface area (Å²) in [4.78, 5) is 0. The molecule has 0 aliphatic carbocycles. The monoisotopic (exact) mass is 261 g/mol. The summed E-state index contributed by atoms with van der Waals surface area (Å²) in [5.41, 5.74) is 7.70. The molecule has 0 saturated carbocycles. The first kappa shape index (κ1) is 13.7. The predicted molar refractivity (Wildman–Crippen MR) is 72.7 cm³/mol. The Morgan fingerprint density at radius 2 is 1.74 bits per heavy atom. The minimum Gasteiger partial charge on any atom is -0.324 e. The lowest BCUT2D eigenvalue weighted by molar-refractivity contribution is 0.557. The van der Waals surface area contributed by atoms with Gasteiger partial charge in [0, 0.05) is 12.1 Å².